The molecule has 0 atom stereocenters. The largest absolute Gasteiger partial charge is 0.457 e. The maximum Gasteiger partial charge on any atom is 0.152 e. The highest BCUT2D eigenvalue weighted by Crippen LogP contribution is 2.26. The zero-order valence-electron chi connectivity index (χ0n) is 6.51. The van der Waals surface area contributed by atoms with Crippen LogP contribution in [0.3, 0.4) is 0 Å². The number of hydrogen-bond acceptors (Lipinski definition) is 2. The molecule has 0 radical (unpaired) electrons. The lowest BCUT2D eigenvalue weighted by molar-refractivity contribution is 0.246. The highest BCUT2D eigenvalue weighted by atomic mass is 16.5. The summed E-state index contributed by atoms with van der Waals surface area (Å²) in [5.74, 6) is 3.47. The summed E-state index contributed by atoms with van der Waals surface area (Å²) in [6, 6.07) is 0. The Labute approximate surface area is 60.9 Å². The molecule has 1 aliphatic rings. The Morgan fingerprint density at radius 2 is 2.20 bits per heavy atom. The van der Waals surface area contributed by atoms with Gasteiger partial charge in [0.15, 0.2) is 6.26 Å². The summed E-state index contributed by atoms with van der Waals surface area (Å²) in [6.45, 7) is 6.23. The first-order valence-electron chi connectivity index (χ1n) is 3.25. The van der Waals surface area contributed by atoms with Gasteiger partial charge in [-0.25, -0.2) is 4.99 Å². The van der Waals surface area contributed by atoms with Crippen LogP contribution in [0.15, 0.2) is 23.2 Å². The minimum absolute atomic E-state index is 0.0437. The highest BCUT2D eigenvalue weighted by molar-refractivity contribution is 5.52. The minimum atomic E-state index is 0.0437. The van der Waals surface area contributed by atoms with Crippen LogP contribution in [0.5, 0.6) is 0 Å². The molecule has 0 bridgehead atoms. The van der Waals surface area contributed by atoms with E-state index in [9.17, 15) is 0 Å². The van der Waals surface area contributed by atoms with Crippen molar-refractivity contribution in [2.45, 2.75) is 20.8 Å². The standard InChI is InChI=1S/C8H11NO/c1-8(2,3)7-6-9-4-5-10-7/h5-6H,1-3H3. The molecule has 0 saturated carbocycles. The van der Waals surface area contributed by atoms with Crippen LogP contribution in [0.1, 0.15) is 20.8 Å². The van der Waals surface area contributed by atoms with Crippen LogP contribution in [0, 0.1) is 5.41 Å². The second kappa shape index (κ2) is 2.31. The van der Waals surface area contributed by atoms with Gasteiger partial charge in [-0.3, -0.25) is 0 Å². The second-order valence-electron chi connectivity index (χ2n) is 3.24. The summed E-state index contributed by atoms with van der Waals surface area (Å²) in [7, 11) is 0. The fourth-order valence-corrected chi connectivity index (χ4v) is 0.617. The molecule has 0 N–H and O–H groups in total. The number of rotatable bonds is 0. The summed E-state index contributed by atoms with van der Waals surface area (Å²) < 4.78 is 5.17. The van der Waals surface area contributed by atoms with E-state index in [2.05, 4.69) is 31.6 Å². The van der Waals surface area contributed by atoms with E-state index in [1.54, 1.807) is 6.20 Å². The van der Waals surface area contributed by atoms with E-state index < -0.39 is 0 Å². The van der Waals surface area contributed by atoms with Crippen molar-refractivity contribution in [1.82, 2.24) is 0 Å². The van der Waals surface area contributed by atoms with Gasteiger partial charge in [0, 0.05) is 11.3 Å². The Morgan fingerprint density at radius 3 is 2.50 bits per heavy atom. The van der Waals surface area contributed by atoms with Crippen LogP contribution in [0.25, 0.3) is 0 Å². The molecule has 0 aromatic heterocycles. The molecular weight excluding hydrogens is 126 g/mol. The van der Waals surface area contributed by atoms with Gasteiger partial charge < -0.3 is 4.74 Å². The predicted octanol–water partition coefficient (Wildman–Crippen LogP) is 2.09. The number of allylic oxidation sites excluding steroid dienone is 1. The smallest absolute Gasteiger partial charge is 0.152 e. The third kappa shape index (κ3) is 1.49. The van der Waals surface area contributed by atoms with Crippen molar-refractivity contribution >= 4 is 5.87 Å². The second-order valence-corrected chi connectivity index (χ2v) is 3.24. The lowest BCUT2D eigenvalue weighted by Gasteiger charge is -2.20. The normalized spacial score (nSPS) is 16.5. The highest BCUT2D eigenvalue weighted by Gasteiger charge is 2.18. The van der Waals surface area contributed by atoms with Crippen molar-refractivity contribution in [3.05, 3.63) is 18.2 Å². The van der Waals surface area contributed by atoms with E-state index in [0.717, 1.165) is 5.76 Å². The van der Waals surface area contributed by atoms with Crippen LogP contribution < -0.4 is 0 Å². The van der Waals surface area contributed by atoms with Gasteiger partial charge >= 0.3 is 0 Å². The average molecular weight is 137 g/mol. The molecule has 0 fully saturated rings. The van der Waals surface area contributed by atoms with Gasteiger partial charge in [-0.05, 0) is 0 Å². The molecule has 1 heterocycles. The third-order valence-corrected chi connectivity index (χ3v) is 1.23. The summed E-state index contributed by atoms with van der Waals surface area (Å²) in [5.41, 5.74) is 0.0437. The predicted molar refractivity (Wildman–Crippen MR) is 40.6 cm³/mol. The Balaban J connectivity index is 2.79. The number of ether oxygens (including phenoxy) is 1. The first-order chi connectivity index (χ1) is 4.61. The fourth-order valence-electron chi connectivity index (χ4n) is 0.617. The number of nitrogens with zero attached hydrogens (tertiary/aromatic N) is 1. The first kappa shape index (κ1) is 7.10. The van der Waals surface area contributed by atoms with Crippen molar-refractivity contribution in [1.29, 1.82) is 0 Å². The maximum absolute atomic E-state index is 5.17. The van der Waals surface area contributed by atoms with E-state index in [1.165, 1.54) is 6.26 Å². The summed E-state index contributed by atoms with van der Waals surface area (Å²) in [6.07, 6.45) is 3.17. The summed E-state index contributed by atoms with van der Waals surface area (Å²) in [4.78, 5) is 3.83. The topological polar surface area (TPSA) is 21.6 Å². The van der Waals surface area contributed by atoms with Crippen molar-refractivity contribution in [2.24, 2.45) is 10.4 Å². The Bertz CT molecular complexity index is 214. The van der Waals surface area contributed by atoms with Crippen LogP contribution in [0.4, 0.5) is 0 Å². The van der Waals surface area contributed by atoms with E-state index >= 15 is 0 Å². The SMILES string of the molecule is CC(C)(C)C1=CN=C=CO1. The molecule has 0 aromatic rings. The average Bonchev–Trinajstić information content (AvgIpc) is 1.88. The minimum Gasteiger partial charge on any atom is -0.457 e. The van der Waals surface area contributed by atoms with Crippen LogP contribution in [-0.4, -0.2) is 5.87 Å². The molecule has 0 saturated heterocycles. The summed E-state index contributed by atoms with van der Waals surface area (Å²) >= 11 is 0. The van der Waals surface area contributed by atoms with Crippen molar-refractivity contribution in [2.75, 3.05) is 0 Å². The Morgan fingerprint density at radius 1 is 1.50 bits per heavy atom. The molecule has 2 heteroatoms. The van der Waals surface area contributed by atoms with E-state index in [1.807, 2.05) is 0 Å². The zero-order chi connectivity index (χ0) is 7.61. The first-order valence-corrected chi connectivity index (χ1v) is 3.25. The fraction of sp³-hybridized carbons (Fsp3) is 0.500. The Hall–Kier alpha value is -1.01. The molecule has 0 aromatic carbocycles. The quantitative estimate of drug-likeness (QED) is 0.501. The lowest BCUT2D eigenvalue weighted by atomic mass is 9.94. The molecule has 54 valence electrons. The number of hydrogen-bond donors (Lipinski definition) is 0. The zero-order valence-corrected chi connectivity index (χ0v) is 6.51. The molecular formula is C8H11NO. The van der Waals surface area contributed by atoms with Gasteiger partial charge in [-0.2, -0.15) is 0 Å². The van der Waals surface area contributed by atoms with Crippen LogP contribution >= 0.6 is 0 Å². The van der Waals surface area contributed by atoms with Gasteiger partial charge in [0.2, 0.25) is 0 Å². The van der Waals surface area contributed by atoms with E-state index in [-0.39, 0.29) is 5.41 Å². The third-order valence-electron chi connectivity index (χ3n) is 1.23. The van der Waals surface area contributed by atoms with Crippen molar-refractivity contribution in [3.8, 4) is 0 Å². The summed E-state index contributed by atoms with van der Waals surface area (Å²) in [5, 5.41) is 0. The van der Waals surface area contributed by atoms with Crippen LogP contribution in [0.2, 0.25) is 0 Å². The molecule has 1 rings (SSSR count). The molecule has 0 aliphatic carbocycles. The van der Waals surface area contributed by atoms with Gasteiger partial charge in [0.1, 0.15) is 5.76 Å². The lowest BCUT2D eigenvalue weighted by Crippen LogP contribution is -2.11. The number of aliphatic imine (C=N–C) groups is 1. The maximum atomic E-state index is 5.17. The molecule has 0 spiro atoms. The van der Waals surface area contributed by atoms with Gasteiger partial charge in [-0.1, -0.05) is 20.8 Å². The van der Waals surface area contributed by atoms with Crippen LogP contribution in [-0.2, 0) is 4.74 Å². The monoisotopic (exact) mass is 137 g/mol. The van der Waals surface area contributed by atoms with E-state index in [0.29, 0.717) is 0 Å². The molecule has 10 heavy (non-hydrogen) atoms. The van der Waals surface area contributed by atoms with Gasteiger partial charge in [0.05, 0.1) is 6.20 Å². The molecule has 2 nitrogen and oxygen atoms in total. The Kier molecular flexibility index (Phi) is 1.64. The molecule has 1 aliphatic heterocycles. The molecule has 0 amide bonds. The van der Waals surface area contributed by atoms with Crippen molar-refractivity contribution in [3.63, 3.8) is 0 Å². The van der Waals surface area contributed by atoms with Gasteiger partial charge in [0.25, 0.3) is 0 Å². The van der Waals surface area contributed by atoms with Gasteiger partial charge in [-0.15, -0.1) is 0 Å². The molecule has 0 unspecified atom stereocenters. The van der Waals surface area contributed by atoms with E-state index in [4.69, 9.17) is 4.74 Å². The van der Waals surface area contributed by atoms with Crippen molar-refractivity contribution < 1.29 is 4.74 Å².